The molecule has 4 nitrogen and oxygen atoms in total. The Morgan fingerprint density at radius 3 is 2.19 bits per heavy atom. The Kier molecular flexibility index (Phi) is 5.60. The number of halogens is 2. The molecule has 6 heteroatoms. The summed E-state index contributed by atoms with van der Waals surface area (Å²) < 4.78 is 0. The summed E-state index contributed by atoms with van der Waals surface area (Å²) in [6, 6.07) is 14.2. The molecule has 0 aromatic heterocycles. The number of benzene rings is 2. The molecule has 2 N–H and O–H groups in total. The molecule has 0 unspecified atom stereocenters. The smallest absolute Gasteiger partial charge is 0.259 e. The zero-order valence-electron chi connectivity index (χ0n) is 11.0. The summed E-state index contributed by atoms with van der Waals surface area (Å²) in [4.78, 5) is 11.6. The van der Waals surface area contributed by atoms with E-state index in [4.69, 9.17) is 23.2 Å². The van der Waals surface area contributed by atoms with E-state index in [-0.39, 0.29) is 12.5 Å². The first kappa shape index (κ1) is 15.4. The quantitative estimate of drug-likeness (QED) is 0.653. The highest BCUT2D eigenvalue weighted by Gasteiger charge is 1.99. The van der Waals surface area contributed by atoms with Crippen LogP contribution in [0.25, 0.3) is 0 Å². The van der Waals surface area contributed by atoms with Crippen molar-refractivity contribution >= 4 is 41.0 Å². The van der Waals surface area contributed by atoms with E-state index in [0.29, 0.717) is 10.0 Å². The van der Waals surface area contributed by atoms with Gasteiger partial charge in [0.25, 0.3) is 5.91 Å². The number of anilines is 1. The minimum absolute atomic E-state index is 0.125. The summed E-state index contributed by atoms with van der Waals surface area (Å²) in [6.45, 7) is 0.125. The Morgan fingerprint density at radius 2 is 1.57 bits per heavy atom. The summed E-state index contributed by atoms with van der Waals surface area (Å²) in [5.74, 6) is -0.241. The van der Waals surface area contributed by atoms with Crippen LogP contribution in [-0.4, -0.2) is 18.7 Å². The van der Waals surface area contributed by atoms with Crippen molar-refractivity contribution in [1.82, 2.24) is 5.43 Å². The van der Waals surface area contributed by atoms with Gasteiger partial charge in [0.1, 0.15) is 0 Å². The van der Waals surface area contributed by atoms with Gasteiger partial charge in [0.05, 0.1) is 12.8 Å². The zero-order chi connectivity index (χ0) is 15.1. The molecule has 0 radical (unpaired) electrons. The third kappa shape index (κ3) is 5.45. The summed E-state index contributed by atoms with van der Waals surface area (Å²) in [5, 5.41) is 8.14. The molecule has 21 heavy (non-hydrogen) atoms. The maximum atomic E-state index is 11.6. The van der Waals surface area contributed by atoms with Gasteiger partial charge in [0, 0.05) is 15.7 Å². The predicted molar refractivity (Wildman–Crippen MR) is 87.1 cm³/mol. The van der Waals surface area contributed by atoms with Gasteiger partial charge in [0.15, 0.2) is 0 Å². The van der Waals surface area contributed by atoms with Crippen LogP contribution in [0.2, 0.25) is 10.0 Å². The lowest BCUT2D eigenvalue weighted by atomic mass is 10.2. The van der Waals surface area contributed by atoms with E-state index >= 15 is 0 Å². The van der Waals surface area contributed by atoms with Crippen LogP contribution >= 0.6 is 23.2 Å². The highest BCUT2D eigenvalue weighted by atomic mass is 35.5. The summed E-state index contributed by atoms with van der Waals surface area (Å²) in [5.41, 5.74) is 4.10. The van der Waals surface area contributed by atoms with E-state index in [0.717, 1.165) is 11.3 Å². The van der Waals surface area contributed by atoms with Crippen LogP contribution in [-0.2, 0) is 4.79 Å². The van der Waals surface area contributed by atoms with E-state index < -0.39 is 0 Å². The minimum atomic E-state index is -0.241. The number of nitrogens with zero attached hydrogens (tertiary/aromatic N) is 1. The van der Waals surface area contributed by atoms with Gasteiger partial charge in [-0.1, -0.05) is 35.3 Å². The second-order valence-corrected chi connectivity index (χ2v) is 5.08. The van der Waals surface area contributed by atoms with Gasteiger partial charge < -0.3 is 5.32 Å². The number of hydrazone groups is 1. The molecule has 0 aliphatic carbocycles. The topological polar surface area (TPSA) is 53.5 Å². The number of hydrogen-bond donors (Lipinski definition) is 2. The molecule has 2 rings (SSSR count). The van der Waals surface area contributed by atoms with Crippen molar-refractivity contribution in [3.63, 3.8) is 0 Å². The average molecular weight is 322 g/mol. The van der Waals surface area contributed by atoms with Crippen LogP contribution < -0.4 is 10.7 Å². The summed E-state index contributed by atoms with van der Waals surface area (Å²) >= 11 is 11.6. The lowest BCUT2D eigenvalue weighted by Gasteiger charge is -2.04. The fourth-order valence-electron chi connectivity index (χ4n) is 1.52. The van der Waals surface area contributed by atoms with E-state index in [2.05, 4.69) is 15.8 Å². The van der Waals surface area contributed by atoms with Crippen molar-refractivity contribution in [2.24, 2.45) is 5.10 Å². The highest BCUT2D eigenvalue weighted by molar-refractivity contribution is 6.30. The lowest BCUT2D eigenvalue weighted by molar-refractivity contribution is -0.119. The second kappa shape index (κ2) is 7.67. The SMILES string of the molecule is O=C(CNc1ccc(Cl)cc1)NN=Cc1ccc(Cl)cc1. The van der Waals surface area contributed by atoms with Crippen LogP contribution in [0.1, 0.15) is 5.56 Å². The van der Waals surface area contributed by atoms with Crippen LogP contribution in [0.3, 0.4) is 0 Å². The lowest BCUT2D eigenvalue weighted by Crippen LogP contribution is -2.25. The monoisotopic (exact) mass is 321 g/mol. The normalized spacial score (nSPS) is 10.6. The maximum Gasteiger partial charge on any atom is 0.259 e. The second-order valence-electron chi connectivity index (χ2n) is 4.21. The zero-order valence-corrected chi connectivity index (χ0v) is 12.5. The fraction of sp³-hybridized carbons (Fsp3) is 0.0667. The van der Waals surface area contributed by atoms with Crippen LogP contribution in [0.4, 0.5) is 5.69 Å². The van der Waals surface area contributed by atoms with Crippen molar-refractivity contribution in [1.29, 1.82) is 0 Å². The molecule has 0 saturated carbocycles. The van der Waals surface area contributed by atoms with Crippen LogP contribution in [0, 0.1) is 0 Å². The third-order valence-corrected chi connectivity index (χ3v) is 3.07. The van der Waals surface area contributed by atoms with Crippen molar-refractivity contribution in [3.05, 3.63) is 64.1 Å². The molecule has 0 bridgehead atoms. The van der Waals surface area contributed by atoms with Gasteiger partial charge in [-0.05, 0) is 42.0 Å². The van der Waals surface area contributed by atoms with Gasteiger partial charge in [-0.2, -0.15) is 5.10 Å². The molecule has 2 aromatic rings. The first-order valence-electron chi connectivity index (χ1n) is 6.20. The van der Waals surface area contributed by atoms with Crippen molar-refractivity contribution in [2.45, 2.75) is 0 Å². The Morgan fingerprint density at radius 1 is 1.00 bits per heavy atom. The van der Waals surface area contributed by atoms with Crippen molar-refractivity contribution in [3.8, 4) is 0 Å². The Balaban J connectivity index is 1.77. The van der Waals surface area contributed by atoms with Crippen LogP contribution in [0.5, 0.6) is 0 Å². The summed E-state index contributed by atoms with van der Waals surface area (Å²) in [6.07, 6.45) is 1.55. The molecular weight excluding hydrogens is 309 g/mol. The predicted octanol–water partition coefficient (Wildman–Crippen LogP) is 3.56. The number of rotatable bonds is 5. The molecule has 0 fully saturated rings. The van der Waals surface area contributed by atoms with Crippen molar-refractivity contribution in [2.75, 3.05) is 11.9 Å². The van der Waals surface area contributed by atoms with Gasteiger partial charge in [-0.3, -0.25) is 4.79 Å². The molecule has 0 aliphatic heterocycles. The van der Waals surface area contributed by atoms with Gasteiger partial charge in [-0.25, -0.2) is 5.43 Å². The average Bonchev–Trinajstić information content (AvgIpc) is 2.49. The third-order valence-electron chi connectivity index (χ3n) is 2.57. The maximum absolute atomic E-state index is 11.6. The molecule has 2 aromatic carbocycles. The standard InChI is InChI=1S/C15H13Cl2N3O/c16-12-3-1-11(2-4-12)9-19-20-15(21)10-18-14-7-5-13(17)6-8-14/h1-9,18H,10H2,(H,20,21). The fourth-order valence-corrected chi connectivity index (χ4v) is 1.77. The summed E-state index contributed by atoms with van der Waals surface area (Å²) in [7, 11) is 0. The van der Waals surface area contributed by atoms with E-state index in [1.165, 1.54) is 0 Å². The number of amides is 1. The van der Waals surface area contributed by atoms with Gasteiger partial charge in [-0.15, -0.1) is 0 Å². The Hall–Kier alpha value is -2.04. The minimum Gasteiger partial charge on any atom is -0.376 e. The van der Waals surface area contributed by atoms with E-state index in [1.807, 2.05) is 12.1 Å². The first-order chi connectivity index (χ1) is 10.1. The Bertz CT molecular complexity index is 624. The highest BCUT2D eigenvalue weighted by Crippen LogP contribution is 2.12. The Labute approximate surface area is 132 Å². The number of carbonyl (C=O) groups excluding carboxylic acids is 1. The first-order valence-corrected chi connectivity index (χ1v) is 6.96. The largest absolute Gasteiger partial charge is 0.376 e. The molecule has 0 atom stereocenters. The molecule has 0 aliphatic rings. The van der Waals surface area contributed by atoms with E-state index in [9.17, 15) is 4.79 Å². The van der Waals surface area contributed by atoms with Crippen molar-refractivity contribution < 1.29 is 4.79 Å². The molecule has 1 amide bonds. The van der Waals surface area contributed by atoms with Crippen LogP contribution in [0.15, 0.2) is 53.6 Å². The molecule has 0 spiro atoms. The molecule has 0 heterocycles. The molecular formula is C15H13Cl2N3O. The number of carbonyl (C=O) groups is 1. The van der Waals surface area contributed by atoms with Gasteiger partial charge in [0.2, 0.25) is 0 Å². The molecule has 108 valence electrons. The van der Waals surface area contributed by atoms with E-state index in [1.54, 1.807) is 42.6 Å². The van der Waals surface area contributed by atoms with Gasteiger partial charge >= 0.3 is 0 Å². The number of nitrogens with one attached hydrogen (secondary N) is 2. The number of hydrogen-bond acceptors (Lipinski definition) is 3. The molecule has 0 saturated heterocycles.